The van der Waals surface area contributed by atoms with Gasteiger partial charge in [-0.2, -0.15) is 0 Å². The lowest BCUT2D eigenvalue weighted by atomic mass is 9.97. The van der Waals surface area contributed by atoms with Gasteiger partial charge in [0.1, 0.15) is 5.75 Å². The van der Waals surface area contributed by atoms with Crippen molar-refractivity contribution in [2.75, 3.05) is 0 Å². The first-order valence-electron chi connectivity index (χ1n) is 6.68. The molecule has 22 heavy (non-hydrogen) atoms. The van der Waals surface area contributed by atoms with Gasteiger partial charge in [-0.05, 0) is 54.8 Å². The lowest BCUT2D eigenvalue weighted by molar-refractivity contribution is -0.114. The van der Waals surface area contributed by atoms with Crippen LogP contribution in [-0.4, -0.2) is 26.9 Å². The third kappa shape index (κ3) is 3.09. The zero-order valence-electron chi connectivity index (χ0n) is 12.3. The van der Waals surface area contributed by atoms with Gasteiger partial charge in [0.25, 0.3) is 0 Å². The molecule has 5 nitrogen and oxygen atoms in total. The van der Waals surface area contributed by atoms with Gasteiger partial charge in [-0.3, -0.25) is 9.59 Å². The standard InChI is InChI=1S/C17H16O5/c1-9-5-12(14(19)6-10(9)2)17(22)16(21)8-11-3-4-13(18)15(20)7-11/h3-7,18-20H,8H2,1-2H3. The van der Waals surface area contributed by atoms with E-state index in [1.54, 1.807) is 13.8 Å². The van der Waals surface area contributed by atoms with E-state index in [9.17, 15) is 24.9 Å². The van der Waals surface area contributed by atoms with E-state index in [4.69, 9.17) is 0 Å². The van der Waals surface area contributed by atoms with Crippen molar-refractivity contribution in [3.63, 3.8) is 0 Å². The number of phenols is 3. The fourth-order valence-corrected chi connectivity index (χ4v) is 2.08. The van der Waals surface area contributed by atoms with Crippen molar-refractivity contribution in [3.8, 4) is 17.2 Å². The maximum absolute atomic E-state index is 12.2. The molecule has 0 heterocycles. The molecule has 0 spiro atoms. The largest absolute Gasteiger partial charge is 0.507 e. The Bertz CT molecular complexity index is 762. The summed E-state index contributed by atoms with van der Waals surface area (Å²) in [7, 11) is 0. The lowest BCUT2D eigenvalue weighted by Crippen LogP contribution is -2.17. The molecule has 0 aliphatic carbocycles. The number of Topliss-reactive ketones (excluding diaryl/α,β-unsaturated/α-hetero) is 2. The molecule has 2 rings (SSSR count). The zero-order chi connectivity index (χ0) is 16.4. The quantitative estimate of drug-likeness (QED) is 0.458. The van der Waals surface area contributed by atoms with Gasteiger partial charge in [-0.1, -0.05) is 6.07 Å². The predicted octanol–water partition coefficient (Wildman–Crippen LogP) is 2.41. The van der Waals surface area contributed by atoms with Crippen molar-refractivity contribution in [2.45, 2.75) is 20.3 Å². The second-order valence-electron chi connectivity index (χ2n) is 5.21. The number of hydrogen-bond acceptors (Lipinski definition) is 5. The normalized spacial score (nSPS) is 10.5. The number of aromatic hydroxyl groups is 3. The lowest BCUT2D eigenvalue weighted by Gasteiger charge is -2.07. The Morgan fingerprint density at radius 2 is 1.50 bits per heavy atom. The fourth-order valence-electron chi connectivity index (χ4n) is 2.08. The Labute approximate surface area is 127 Å². The summed E-state index contributed by atoms with van der Waals surface area (Å²) >= 11 is 0. The highest BCUT2D eigenvalue weighted by molar-refractivity contribution is 6.44. The van der Waals surface area contributed by atoms with Gasteiger partial charge in [0.15, 0.2) is 11.5 Å². The number of rotatable bonds is 4. The number of aryl methyl sites for hydroxylation is 2. The molecular weight excluding hydrogens is 284 g/mol. The van der Waals surface area contributed by atoms with Gasteiger partial charge in [-0.15, -0.1) is 0 Å². The minimum atomic E-state index is -0.784. The van der Waals surface area contributed by atoms with Crippen LogP contribution in [0.2, 0.25) is 0 Å². The number of carbonyl (C=O) groups excluding carboxylic acids is 2. The molecule has 0 unspecified atom stereocenters. The molecule has 0 aromatic heterocycles. The number of ketones is 2. The molecular formula is C17H16O5. The summed E-state index contributed by atoms with van der Waals surface area (Å²) in [6, 6.07) is 6.85. The van der Waals surface area contributed by atoms with Crippen LogP contribution in [0.15, 0.2) is 30.3 Å². The molecule has 0 fully saturated rings. The molecule has 3 N–H and O–H groups in total. The van der Waals surface area contributed by atoms with E-state index in [0.29, 0.717) is 5.56 Å². The molecule has 0 atom stereocenters. The van der Waals surface area contributed by atoms with Crippen molar-refractivity contribution < 1.29 is 24.9 Å². The molecule has 0 saturated heterocycles. The summed E-state index contributed by atoms with van der Waals surface area (Å²) < 4.78 is 0. The number of hydrogen-bond donors (Lipinski definition) is 3. The predicted molar refractivity (Wildman–Crippen MR) is 80.4 cm³/mol. The summed E-state index contributed by atoms with van der Waals surface area (Å²) in [5, 5.41) is 28.5. The summed E-state index contributed by atoms with van der Waals surface area (Å²) in [5.41, 5.74) is 1.99. The van der Waals surface area contributed by atoms with Gasteiger partial charge in [0, 0.05) is 6.42 Å². The van der Waals surface area contributed by atoms with Crippen LogP contribution in [0.5, 0.6) is 17.2 Å². The average Bonchev–Trinajstić information content (AvgIpc) is 2.46. The number of benzene rings is 2. The summed E-state index contributed by atoms with van der Waals surface area (Å²) in [5.74, 6) is -2.37. The molecule has 0 aliphatic heterocycles. The molecule has 0 bridgehead atoms. The second kappa shape index (κ2) is 5.89. The van der Waals surface area contributed by atoms with Gasteiger partial charge in [0.2, 0.25) is 11.6 Å². The fraction of sp³-hybridized carbons (Fsp3) is 0.176. The molecule has 5 heteroatoms. The van der Waals surface area contributed by atoms with Gasteiger partial charge in [0.05, 0.1) is 5.56 Å². The molecule has 0 radical (unpaired) electrons. The summed E-state index contributed by atoms with van der Waals surface area (Å²) in [6.07, 6.45) is -0.223. The van der Waals surface area contributed by atoms with Crippen molar-refractivity contribution in [1.82, 2.24) is 0 Å². The van der Waals surface area contributed by atoms with Gasteiger partial charge >= 0.3 is 0 Å². The molecule has 0 aliphatic rings. The smallest absolute Gasteiger partial charge is 0.232 e. The highest BCUT2D eigenvalue weighted by Crippen LogP contribution is 2.26. The minimum Gasteiger partial charge on any atom is -0.507 e. The summed E-state index contributed by atoms with van der Waals surface area (Å²) in [4.78, 5) is 24.2. The third-order valence-corrected chi connectivity index (χ3v) is 3.51. The Kier molecular flexibility index (Phi) is 4.17. The molecule has 0 saturated carbocycles. The maximum Gasteiger partial charge on any atom is 0.232 e. The monoisotopic (exact) mass is 300 g/mol. The highest BCUT2D eigenvalue weighted by atomic mass is 16.3. The van der Waals surface area contributed by atoms with E-state index in [2.05, 4.69) is 0 Å². The van der Waals surface area contributed by atoms with E-state index in [-0.39, 0.29) is 29.2 Å². The van der Waals surface area contributed by atoms with Crippen molar-refractivity contribution in [2.24, 2.45) is 0 Å². The summed E-state index contributed by atoms with van der Waals surface area (Å²) in [6.45, 7) is 3.58. The SMILES string of the molecule is Cc1cc(O)c(C(=O)C(=O)Cc2ccc(O)c(O)c2)cc1C. The second-order valence-corrected chi connectivity index (χ2v) is 5.21. The van der Waals surface area contributed by atoms with Crippen molar-refractivity contribution >= 4 is 11.6 Å². The van der Waals surface area contributed by atoms with Crippen LogP contribution < -0.4 is 0 Å². The first kappa shape index (κ1) is 15.6. The van der Waals surface area contributed by atoms with Gasteiger partial charge in [-0.25, -0.2) is 0 Å². The first-order valence-corrected chi connectivity index (χ1v) is 6.68. The van der Waals surface area contributed by atoms with Crippen LogP contribution in [0.4, 0.5) is 0 Å². The van der Waals surface area contributed by atoms with Crippen LogP contribution >= 0.6 is 0 Å². The van der Waals surface area contributed by atoms with E-state index in [0.717, 1.165) is 11.1 Å². The molecule has 0 amide bonds. The molecule has 2 aromatic rings. The van der Waals surface area contributed by atoms with E-state index in [1.165, 1.54) is 30.3 Å². The maximum atomic E-state index is 12.2. The minimum absolute atomic E-state index is 0.0314. The molecule has 2 aromatic carbocycles. The van der Waals surface area contributed by atoms with Crippen molar-refractivity contribution in [3.05, 3.63) is 52.6 Å². The Morgan fingerprint density at radius 1 is 0.864 bits per heavy atom. The van der Waals surface area contributed by atoms with Gasteiger partial charge < -0.3 is 15.3 Å². The Hall–Kier alpha value is -2.82. The van der Waals surface area contributed by atoms with Crippen LogP contribution in [0.3, 0.4) is 0 Å². The van der Waals surface area contributed by atoms with Crippen LogP contribution in [0.1, 0.15) is 27.0 Å². The number of phenolic OH excluding ortho intramolecular Hbond substituents is 3. The Balaban J connectivity index is 2.24. The van der Waals surface area contributed by atoms with Crippen LogP contribution in [0, 0.1) is 13.8 Å². The van der Waals surface area contributed by atoms with E-state index < -0.39 is 11.6 Å². The first-order chi connectivity index (χ1) is 10.3. The van der Waals surface area contributed by atoms with Crippen LogP contribution in [0.25, 0.3) is 0 Å². The average molecular weight is 300 g/mol. The zero-order valence-corrected chi connectivity index (χ0v) is 12.3. The van der Waals surface area contributed by atoms with E-state index >= 15 is 0 Å². The number of carbonyl (C=O) groups is 2. The molecule has 114 valence electrons. The van der Waals surface area contributed by atoms with Crippen molar-refractivity contribution in [1.29, 1.82) is 0 Å². The van der Waals surface area contributed by atoms with E-state index in [1.807, 2.05) is 0 Å². The highest BCUT2D eigenvalue weighted by Gasteiger charge is 2.21. The third-order valence-electron chi connectivity index (χ3n) is 3.51. The Morgan fingerprint density at radius 3 is 2.14 bits per heavy atom. The topological polar surface area (TPSA) is 94.8 Å². The van der Waals surface area contributed by atoms with Crippen LogP contribution in [-0.2, 0) is 11.2 Å².